The Morgan fingerprint density at radius 1 is 1.06 bits per heavy atom. The Balaban J connectivity index is 0.00000289. The van der Waals surface area contributed by atoms with Gasteiger partial charge in [-0.3, -0.25) is 0 Å². The van der Waals surface area contributed by atoms with Crippen molar-refractivity contribution in [1.82, 2.24) is 4.90 Å². The molecule has 1 rings (SSSR count). The highest BCUT2D eigenvalue weighted by atomic mass is 35.5. The van der Waals surface area contributed by atoms with Crippen molar-refractivity contribution in [1.29, 1.82) is 0 Å². The Hall–Kier alpha value is -0.570. The Labute approximate surface area is 118 Å². The molecule has 0 fully saturated rings. The van der Waals surface area contributed by atoms with E-state index in [1.54, 1.807) is 0 Å². The topological polar surface area (TPSA) is 29.3 Å². The molecule has 0 saturated carbocycles. The average molecular weight is 271 g/mol. The molecular weight excluding hydrogens is 244 g/mol. The first-order valence-electron chi connectivity index (χ1n) is 6.47. The summed E-state index contributed by atoms with van der Waals surface area (Å²) in [4.78, 5) is 2.47. The number of nitrogens with two attached hydrogens (primary N) is 1. The molecule has 0 atom stereocenters. The van der Waals surface area contributed by atoms with E-state index in [-0.39, 0.29) is 12.4 Å². The minimum Gasteiger partial charge on any atom is -0.329 e. The van der Waals surface area contributed by atoms with E-state index in [0.717, 1.165) is 32.6 Å². The normalized spacial score (nSPS) is 11.4. The highest BCUT2D eigenvalue weighted by molar-refractivity contribution is 5.85. The maximum Gasteiger partial charge on any atom is 0.0105 e. The monoisotopic (exact) mass is 270 g/mol. The number of hydrogen-bond donors (Lipinski definition) is 1. The van der Waals surface area contributed by atoms with Crippen molar-refractivity contribution in [3.05, 3.63) is 35.9 Å². The molecular formula is C15H27ClN2. The molecule has 0 spiro atoms. The molecule has 0 saturated heterocycles. The molecule has 18 heavy (non-hydrogen) atoms. The van der Waals surface area contributed by atoms with E-state index < -0.39 is 0 Å². The van der Waals surface area contributed by atoms with Crippen LogP contribution >= 0.6 is 12.4 Å². The molecule has 0 bridgehead atoms. The van der Waals surface area contributed by atoms with Crippen LogP contribution in [0.5, 0.6) is 0 Å². The second-order valence-corrected chi connectivity index (χ2v) is 5.86. The highest BCUT2D eigenvalue weighted by Crippen LogP contribution is 2.15. The van der Waals surface area contributed by atoms with E-state index in [1.807, 2.05) is 0 Å². The molecule has 2 N–H and O–H groups in total. The summed E-state index contributed by atoms with van der Waals surface area (Å²) < 4.78 is 0. The van der Waals surface area contributed by atoms with Crippen molar-refractivity contribution in [3.63, 3.8) is 0 Å². The van der Waals surface area contributed by atoms with Crippen LogP contribution in [0.3, 0.4) is 0 Å². The number of rotatable bonds is 6. The molecule has 104 valence electrons. The molecule has 0 aliphatic carbocycles. The zero-order valence-electron chi connectivity index (χ0n) is 11.9. The van der Waals surface area contributed by atoms with Gasteiger partial charge in [0.05, 0.1) is 0 Å². The van der Waals surface area contributed by atoms with Crippen LogP contribution < -0.4 is 5.73 Å². The fourth-order valence-corrected chi connectivity index (χ4v) is 2.06. The molecule has 1 aromatic carbocycles. The van der Waals surface area contributed by atoms with Crippen LogP contribution in [0.4, 0.5) is 0 Å². The van der Waals surface area contributed by atoms with Gasteiger partial charge in [-0.15, -0.1) is 12.4 Å². The van der Waals surface area contributed by atoms with Crippen molar-refractivity contribution in [3.8, 4) is 0 Å². The largest absolute Gasteiger partial charge is 0.329 e. The van der Waals surface area contributed by atoms with Gasteiger partial charge < -0.3 is 10.6 Å². The Morgan fingerprint density at radius 3 is 2.17 bits per heavy atom. The van der Waals surface area contributed by atoms with E-state index in [4.69, 9.17) is 5.73 Å². The van der Waals surface area contributed by atoms with Crippen LogP contribution in [-0.2, 0) is 6.42 Å². The second kappa shape index (κ2) is 8.52. The summed E-state index contributed by atoms with van der Waals surface area (Å²) >= 11 is 0. The van der Waals surface area contributed by atoms with E-state index in [1.165, 1.54) is 5.56 Å². The van der Waals surface area contributed by atoms with Gasteiger partial charge in [0.15, 0.2) is 0 Å². The van der Waals surface area contributed by atoms with Crippen LogP contribution in [0.1, 0.15) is 26.3 Å². The zero-order chi connectivity index (χ0) is 12.7. The summed E-state index contributed by atoms with van der Waals surface area (Å²) in [5, 5.41) is 0. The lowest BCUT2D eigenvalue weighted by Crippen LogP contribution is -2.37. The van der Waals surface area contributed by atoms with E-state index in [2.05, 4.69) is 56.0 Å². The number of nitrogens with zero attached hydrogens (tertiary/aromatic N) is 1. The van der Waals surface area contributed by atoms with Crippen LogP contribution in [0.2, 0.25) is 0 Å². The summed E-state index contributed by atoms with van der Waals surface area (Å²) in [6.45, 7) is 10.8. The van der Waals surface area contributed by atoms with Gasteiger partial charge in [0.25, 0.3) is 0 Å². The molecule has 0 aliphatic heterocycles. The molecule has 1 aromatic rings. The first kappa shape index (κ1) is 17.4. The van der Waals surface area contributed by atoms with E-state index in [0.29, 0.717) is 5.41 Å². The molecule has 0 heterocycles. The molecule has 0 amide bonds. The fourth-order valence-electron chi connectivity index (χ4n) is 2.06. The first-order valence-corrected chi connectivity index (χ1v) is 6.47. The highest BCUT2D eigenvalue weighted by Gasteiger charge is 2.15. The van der Waals surface area contributed by atoms with Crippen LogP contribution in [0, 0.1) is 5.41 Å². The maximum atomic E-state index is 5.68. The Morgan fingerprint density at radius 2 is 1.67 bits per heavy atom. The van der Waals surface area contributed by atoms with Crippen molar-refractivity contribution < 1.29 is 0 Å². The predicted octanol–water partition coefficient (Wildman–Crippen LogP) is 2.96. The third-order valence-corrected chi connectivity index (χ3v) is 2.70. The smallest absolute Gasteiger partial charge is 0.0105 e. The number of hydrogen-bond acceptors (Lipinski definition) is 2. The lowest BCUT2D eigenvalue weighted by Gasteiger charge is -2.29. The molecule has 0 aromatic heterocycles. The third-order valence-electron chi connectivity index (χ3n) is 2.70. The Kier molecular flexibility index (Phi) is 8.25. The fraction of sp³-hybridized carbons (Fsp3) is 0.600. The van der Waals surface area contributed by atoms with Gasteiger partial charge in [0.1, 0.15) is 0 Å². The maximum absolute atomic E-state index is 5.68. The van der Waals surface area contributed by atoms with E-state index in [9.17, 15) is 0 Å². The predicted molar refractivity (Wildman–Crippen MR) is 82.3 cm³/mol. The molecule has 2 nitrogen and oxygen atoms in total. The van der Waals surface area contributed by atoms with Crippen molar-refractivity contribution in [2.24, 2.45) is 11.1 Å². The third kappa shape index (κ3) is 7.70. The van der Waals surface area contributed by atoms with Gasteiger partial charge in [-0.05, 0) is 17.4 Å². The zero-order valence-corrected chi connectivity index (χ0v) is 12.7. The van der Waals surface area contributed by atoms with Crippen LogP contribution in [0.25, 0.3) is 0 Å². The van der Waals surface area contributed by atoms with Gasteiger partial charge in [-0.2, -0.15) is 0 Å². The lowest BCUT2D eigenvalue weighted by atomic mass is 9.96. The van der Waals surface area contributed by atoms with Crippen LogP contribution in [0.15, 0.2) is 30.3 Å². The van der Waals surface area contributed by atoms with E-state index >= 15 is 0 Å². The van der Waals surface area contributed by atoms with Crippen LogP contribution in [-0.4, -0.2) is 31.1 Å². The lowest BCUT2D eigenvalue weighted by molar-refractivity contribution is 0.197. The van der Waals surface area contributed by atoms with Gasteiger partial charge in [0, 0.05) is 26.2 Å². The molecule has 0 aliphatic rings. The summed E-state index contributed by atoms with van der Waals surface area (Å²) in [5.74, 6) is 0. The minimum absolute atomic E-state index is 0. The molecule has 0 unspecified atom stereocenters. The van der Waals surface area contributed by atoms with Crippen molar-refractivity contribution in [2.75, 3.05) is 26.2 Å². The average Bonchev–Trinajstić information content (AvgIpc) is 2.26. The Bertz CT molecular complexity index is 306. The number of halogens is 1. The van der Waals surface area contributed by atoms with Gasteiger partial charge >= 0.3 is 0 Å². The second-order valence-electron chi connectivity index (χ2n) is 5.86. The molecule has 0 radical (unpaired) electrons. The van der Waals surface area contributed by atoms with Gasteiger partial charge in [-0.25, -0.2) is 0 Å². The van der Waals surface area contributed by atoms with Gasteiger partial charge in [-0.1, -0.05) is 51.1 Å². The first-order chi connectivity index (χ1) is 8.01. The minimum atomic E-state index is 0. The van der Waals surface area contributed by atoms with Crippen molar-refractivity contribution in [2.45, 2.75) is 27.2 Å². The summed E-state index contributed by atoms with van der Waals surface area (Å²) in [6, 6.07) is 10.7. The van der Waals surface area contributed by atoms with Crippen molar-refractivity contribution >= 4 is 12.4 Å². The quantitative estimate of drug-likeness (QED) is 0.861. The van der Waals surface area contributed by atoms with Gasteiger partial charge in [0.2, 0.25) is 0 Å². The summed E-state index contributed by atoms with van der Waals surface area (Å²) in [6.07, 6.45) is 1.11. The summed E-state index contributed by atoms with van der Waals surface area (Å²) in [5.41, 5.74) is 7.42. The number of benzene rings is 1. The SMILES string of the molecule is CC(C)(C)CN(CCN)CCc1ccccc1.Cl. The molecule has 3 heteroatoms. The summed E-state index contributed by atoms with van der Waals surface area (Å²) in [7, 11) is 0. The standard InChI is InChI=1S/C15H26N2.ClH/c1-15(2,3)13-17(12-10-16)11-9-14-7-5-4-6-8-14;/h4-8H,9-13,16H2,1-3H3;1H.